The van der Waals surface area contributed by atoms with Crippen LogP contribution in [0.5, 0.6) is 0 Å². The standard InChI is InChI=1S/C37H56N12O13/c1-18(43-31(56)21(38)15-27(39)51)30(55)48-25(17-50)34(59)44-19(2)29(54)45-22(10-6-12-42-37(40)41)32(57)46-23(14-20-8-4-3-5-9-20)33(58)47-24(16-28(52)53)35(60)49-13-7-11-26(49)36(61)62/h3-5,8-9,18-19,21-26,50H,6-7,10-17,38H2,1-2H3,(H2,39,51)(H,43,56)(H,44,59)(H,45,54)(H,46,57)(H,47,58)(H,48,55)(H,52,53)(H,61,62)(H4,40,41,42)/t18-,19-,21-,22-,23-,24-,25-,26-/m0/s1. The van der Waals surface area contributed by atoms with Crippen LogP contribution >= 0.6 is 0 Å². The molecule has 17 N–H and O–H groups in total. The number of primary amides is 1. The van der Waals surface area contributed by atoms with Crippen molar-refractivity contribution in [3.8, 4) is 0 Å². The second-order valence-electron chi connectivity index (χ2n) is 14.4. The van der Waals surface area contributed by atoms with Crippen LogP contribution in [0.25, 0.3) is 0 Å². The van der Waals surface area contributed by atoms with Crippen molar-refractivity contribution in [1.82, 2.24) is 36.8 Å². The summed E-state index contributed by atoms with van der Waals surface area (Å²) < 4.78 is 0. The van der Waals surface area contributed by atoms with Crippen molar-refractivity contribution < 1.29 is 63.3 Å². The van der Waals surface area contributed by atoms with Gasteiger partial charge in [-0.1, -0.05) is 30.3 Å². The molecule has 62 heavy (non-hydrogen) atoms. The van der Waals surface area contributed by atoms with Crippen LogP contribution in [0.1, 0.15) is 57.9 Å². The number of carboxylic acid groups (broad SMARTS) is 2. The molecule has 1 aromatic carbocycles. The third kappa shape index (κ3) is 17.0. The Kier molecular flexibility index (Phi) is 20.7. The maximum Gasteiger partial charge on any atom is 0.326 e. The molecule has 0 aromatic heterocycles. The van der Waals surface area contributed by atoms with Gasteiger partial charge in [0.2, 0.25) is 47.3 Å². The van der Waals surface area contributed by atoms with Crippen molar-refractivity contribution in [3.05, 3.63) is 35.9 Å². The number of hydrogen-bond acceptors (Lipinski definition) is 13. The molecule has 0 radical (unpaired) electrons. The van der Waals surface area contributed by atoms with E-state index < -0.39 is 127 Å². The first-order valence-corrected chi connectivity index (χ1v) is 19.5. The number of carbonyl (C=O) groups is 10. The van der Waals surface area contributed by atoms with Gasteiger partial charge in [0.1, 0.15) is 42.3 Å². The second-order valence-corrected chi connectivity index (χ2v) is 14.4. The number of hydrogen-bond donors (Lipinski definition) is 13. The van der Waals surface area contributed by atoms with E-state index in [-0.39, 0.29) is 44.7 Å². The number of likely N-dealkylation sites (tertiary alicyclic amines) is 1. The van der Waals surface area contributed by atoms with Crippen molar-refractivity contribution >= 4 is 65.2 Å². The fraction of sp³-hybridized carbons (Fsp3) is 0.541. The van der Waals surface area contributed by atoms with Gasteiger partial charge in [-0.2, -0.15) is 0 Å². The molecule has 0 unspecified atom stereocenters. The van der Waals surface area contributed by atoms with E-state index in [0.717, 1.165) is 4.90 Å². The lowest BCUT2D eigenvalue weighted by Crippen LogP contribution is -2.60. The minimum absolute atomic E-state index is 0.00283. The molecule has 0 aliphatic carbocycles. The number of nitrogens with one attached hydrogen (secondary N) is 6. The third-order valence-electron chi connectivity index (χ3n) is 9.39. The number of carboxylic acids is 2. The van der Waals surface area contributed by atoms with Crippen LogP contribution in [-0.4, -0.2) is 153 Å². The zero-order chi connectivity index (χ0) is 46.7. The molecule has 0 bridgehead atoms. The van der Waals surface area contributed by atoms with E-state index in [2.05, 4.69) is 36.9 Å². The quantitative estimate of drug-likeness (QED) is 0.0247. The molecule has 1 aromatic rings. The molecule has 8 amide bonds. The first-order valence-electron chi connectivity index (χ1n) is 19.5. The average molecular weight is 877 g/mol. The summed E-state index contributed by atoms with van der Waals surface area (Å²) in [6.07, 6.45) is -1.18. The number of rotatable bonds is 25. The highest BCUT2D eigenvalue weighted by Crippen LogP contribution is 2.19. The number of aliphatic hydroxyl groups is 1. The molecule has 1 aliphatic rings. The van der Waals surface area contributed by atoms with Gasteiger partial charge in [-0.3, -0.25) is 48.1 Å². The van der Waals surface area contributed by atoms with Crippen molar-refractivity contribution in [2.24, 2.45) is 27.9 Å². The minimum atomic E-state index is -1.71. The van der Waals surface area contributed by atoms with Gasteiger partial charge < -0.3 is 75.1 Å². The molecule has 8 atom stereocenters. The maximum absolute atomic E-state index is 13.9. The fourth-order valence-corrected chi connectivity index (χ4v) is 6.10. The molecule has 0 saturated carbocycles. The van der Waals surface area contributed by atoms with Crippen LogP contribution in [0.15, 0.2) is 35.3 Å². The number of aliphatic carboxylic acids is 2. The van der Waals surface area contributed by atoms with Crippen LogP contribution < -0.4 is 54.8 Å². The summed E-state index contributed by atoms with van der Waals surface area (Å²) in [5.74, 6) is -10.6. The van der Waals surface area contributed by atoms with Gasteiger partial charge in [0.05, 0.1) is 25.5 Å². The number of carbonyl (C=O) groups excluding carboxylic acids is 8. The van der Waals surface area contributed by atoms with Crippen LogP contribution in [0.4, 0.5) is 0 Å². The minimum Gasteiger partial charge on any atom is -0.481 e. The van der Waals surface area contributed by atoms with Crippen LogP contribution in [0.2, 0.25) is 0 Å². The van der Waals surface area contributed by atoms with Crippen molar-refractivity contribution in [2.45, 2.75) is 107 Å². The van der Waals surface area contributed by atoms with Crippen LogP contribution in [0, 0.1) is 0 Å². The van der Waals surface area contributed by atoms with Gasteiger partial charge in [0.15, 0.2) is 5.96 Å². The monoisotopic (exact) mass is 876 g/mol. The van der Waals surface area contributed by atoms with E-state index in [1.807, 2.05) is 0 Å². The lowest BCUT2D eigenvalue weighted by molar-refractivity contribution is -0.150. The van der Waals surface area contributed by atoms with Gasteiger partial charge in [-0.05, 0) is 45.1 Å². The Bertz CT molecular complexity index is 1830. The van der Waals surface area contributed by atoms with Gasteiger partial charge in [0, 0.05) is 19.5 Å². The Balaban J connectivity index is 2.28. The number of benzene rings is 1. The van der Waals surface area contributed by atoms with E-state index >= 15 is 0 Å². The number of nitrogens with zero attached hydrogens (tertiary/aromatic N) is 2. The first-order chi connectivity index (χ1) is 29.1. The molecule has 342 valence electrons. The number of guanidine groups is 1. The smallest absolute Gasteiger partial charge is 0.326 e. The highest BCUT2D eigenvalue weighted by atomic mass is 16.4. The van der Waals surface area contributed by atoms with Crippen molar-refractivity contribution in [1.29, 1.82) is 0 Å². The number of aliphatic imine (C=N–C) groups is 1. The summed E-state index contributed by atoms with van der Waals surface area (Å²) in [5.41, 5.74) is 22.0. The summed E-state index contributed by atoms with van der Waals surface area (Å²) >= 11 is 0. The third-order valence-corrected chi connectivity index (χ3v) is 9.39. The van der Waals surface area contributed by atoms with Crippen molar-refractivity contribution in [2.75, 3.05) is 19.7 Å². The van der Waals surface area contributed by atoms with Gasteiger partial charge in [-0.15, -0.1) is 0 Å². The molecule has 25 heteroatoms. The lowest BCUT2D eigenvalue weighted by atomic mass is 10.0. The second kappa shape index (κ2) is 25.0. The van der Waals surface area contributed by atoms with Gasteiger partial charge in [-0.25, -0.2) is 4.79 Å². The van der Waals surface area contributed by atoms with E-state index in [0.29, 0.717) is 12.0 Å². The highest BCUT2D eigenvalue weighted by molar-refractivity contribution is 5.98. The molecular weight excluding hydrogens is 820 g/mol. The van der Waals surface area contributed by atoms with E-state index in [4.69, 9.17) is 22.9 Å². The van der Waals surface area contributed by atoms with Crippen LogP contribution in [0.3, 0.4) is 0 Å². The Hall–Kier alpha value is -6.89. The Labute approximate surface area is 355 Å². The molecule has 1 fully saturated rings. The van der Waals surface area contributed by atoms with E-state index in [1.165, 1.54) is 13.8 Å². The molecule has 1 aliphatic heterocycles. The highest BCUT2D eigenvalue weighted by Gasteiger charge is 2.39. The summed E-state index contributed by atoms with van der Waals surface area (Å²) in [7, 11) is 0. The Morgan fingerprint density at radius 2 is 1.26 bits per heavy atom. The number of amides is 8. The normalized spacial score (nSPS) is 16.6. The average Bonchev–Trinajstić information content (AvgIpc) is 3.70. The summed E-state index contributed by atoms with van der Waals surface area (Å²) in [4.78, 5) is 132. The summed E-state index contributed by atoms with van der Waals surface area (Å²) in [5, 5.41) is 43.2. The van der Waals surface area contributed by atoms with E-state index in [1.54, 1.807) is 30.3 Å². The SMILES string of the molecule is C[C@H](NC(=O)[C@H](CO)NC(=O)[C@H](C)NC(=O)[C@@H](N)CC(N)=O)C(=O)N[C@@H](CCCN=C(N)N)C(=O)N[C@@H](Cc1ccccc1)C(=O)N[C@@H](CC(=O)O)C(=O)N1CCC[C@H]1C(=O)O. The molecular formula is C37H56N12O13. The van der Waals surface area contributed by atoms with Crippen molar-refractivity contribution in [3.63, 3.8) is 0 Å². The largest absolute Gasteiger partial charge is 0.481 e. The predicted octanol–water partition coefficient (Wildman–Crippen LogP) is -6.02. The van der Waals surface area contributed by atoms with E-state index in [9.17, 15) is 63.3 Å². The molecule has 1 saturated heterocycles. The zero-order valence-corrected chi connectivity index (χ0v) is 34.2. The summed E-state index contributed by atoms with van der Waals surface area (Å²) in [6, 6.07) is -3.31. The fourth-order valence-electron chi connectivity index (χ4n) is 6.10. The van der Waals surface area contributed by atoms with Gasteiger partial charge >= 0.3 is 11.9 Å². The maximum atomic E-state index is 13.9. The Morgan fingerprint density at radius 1 is 0.726 bits per heavy atom. The first kappa shape index (κ1) is 51.3. The lowest BCUT2D eigenvalue weighted by Gasteiger charge is -2.29. The number of nitrogens with two attached hydrogens (primary N) is 4. The predicted molar refractivity (Wildman–Crippen MR) is 216 cm³/mol. The topological polar surface area (TPSA) is 423 Å². The van der Waals surface area contributed by atoms with Crippen LogP contribution in [-0.2, 0) is 54.4 Å². The van der Waals surface area contributed by atoms with Gasteiger partial charge in [0.25, 0.3) is 0 Å². The molecule has 2 rings (SSSR count). The molecule has 0 spiro atoms. The molecule has 25 nitrogen and oxygen atoms in total. The summed E-state index contributed by atoms with van der Waals surface area (Å²) in [6.45, 7) is 1.52. The zero-order valence-electron chi connectivity index (χ0n) is 34.2. The molecule has 1 heterocycles. The number of aliphatic hydroxyl groups excluding tert-OH is 1. The Morgan fingerprint density at radius 3 is 1.81 bits per heavy atom.